The molecule has 112 valence electrons. The SMILES string of the molecule is Fc1cccc(Cl)c1C1CCCN1c1nccc2nccn12. The van der Waals surface area contributed by atoms with Crippen LogP contribution in [0.1, 0.15) is 24.4 Å². The fourth-order valence-corrected chi connectivity index (χ4v) is 3.48. The molecule has 1 aliphatic heterocycles. The van der Waals surface area contributed by atoms with Gasteiger partial charge < -0.3 is 4.90 Å². The highest BCUT2D eigenvalue weighted by molar-refractivity contribution is 6.31. The normalized spacial score (nSPS) is 18.3. The molecule has 3 aromatic rings. The highest BCUT2D eigenvalue weighted by atomic mass is 35.5. The molecule has 6 heteroatoms. The lowest BCUT2D eigenvalue weighted by Crippen LogP contribution is -2.26. The molecule has 1 atom stereocenters. The molecule has 1 fully saturated rings. The number of hydrogen-bond donors (Lipinski definition) is 0. The number of benzene rings is 1. The summed E-state index contributed by atoms with van der Waals surface area (Å²) < 4.78 is 16.2. The second-order valence-electron chi connectivity index (χ2n) is 5.39. The predicted molar refractivity (Wildman–Crippen MR) is 83.7 cm³/mol. The van der Waals surface area contributed by atoms with Crippen molar-refractivity contribution in [2.75, 3.05) is 11.4 Å². The fraction of sp³-hybridized carbons (Fsp3) is 0.250. The highest BCUT2D eigenvalue weighted by Gasteiger charge is 2.32. The molecule has 0 spiro atoms. The van der Waals surface area contributed by atoms with Gasteiger partial charge in [-0.05, 0) is 31.0 Å². The van der Waals surface area contributed by atoms with Crippen molar-refractivity contribution in [3.05, 3.63) is 59.3 Å². The molecular weight excluding hydrogens is 303 g/mol. The van der Waals surface area contributed by atoms with E-state index in [9.17, 15) is 4.39 Å². The summed E-state index contributed by atoms with van der Waals surface area (Å²) in [5.74, 6) is 0.513. The third kappa shape index (κ3) is 2.04. The van der Waals surface area contributed by atoms with E-state index in [4.69, 9.17) is 11.6 Å². The van der Waals surface area contributed by atoms with Crippen LogP contribution in [0.3, 0.4) is 0 Å². The van der Waals surface area contributed by atoms with Crippen molar-refractivity contribution in [2.24, 2.45) is 0 Å². The number of halogens is 2. The third-order valence-electron chi connectivity index (χ3n) is 4.14. The Morgan fingerprint density at radius 1 is 1.18 bits per heavy atom. The van der Waals surface area contributed by atoms with Crippen molar-refractivity contribution in [1.82, 2.24) is 14.4 Å². The van der Waals surface area contributed by atoms with Crippen LogP contribution >= 0.6 is 11.6 Å². The van der Waals surface area contributed by atoms with Crippen LogP contribution in [0.15, 0.2) is 42.9 Å². The first-order valence-corrected chi connectivity index (χ1v) is 7.62. The quantitative estimate of drug-likeness (QED) is 0.719. The van der Waals surface area contributed by atoms with Crippen LogP contribution in [-0.2, 0) is 0 Å². The molecule has 4 nitrogen and oxygen atoms in total. The van der Waals surface area contributed by atoms with Crippen LogP contribution in [0.4, 0.5) is 10.3 Å². The number of anilines is 1. The minimum atomic E-state index is -0.262. The maximum Gasteiger partial charge on any atom is 0.211 e. The van der Waals surface area contributed by atoms with Crippen LogP contribution in [0.2, 0.25) is 5.02 Å². The van der Waals surface area contributed by atoms with Crippen molar-refractivity contribution < 1.29 is 4.39 Å². The Morgan fingerprint density at radius 2 is 2.09 bits per heavy atom. The van der Waals surface area contributed by atoms with Crippen molar-refractivity contribution in [3.8, 4) is 0 Å². The number of nitrogens with zero attached hydrogens (tertiary/aromatic N) is 4. The van der Waals surface area contributed by atoms with E-state index < -0.39 is 0 Å². The Balaban J connectivity index is 1.83. The number of rotatable bonds is 2. The van der Waals surface area contributed by atoms with E-state index in [2.05, 4.69) is 14.9 Å². The van der Waals surface area contributed by atoms with E-state index >= 15 is 0 Å². The minimum absolute atomic E-state index is 0.103. The van der Waals surface area contributed by atoms with Gasteiger partial charge >= 0.3 is 0 Å². The topological polar surface area (TPSA) is 33.4 Å². The maximum atomic E-state index is 14.3. The Labute approximate surface area is 132 Å². The van der Waals surface area contributed by atoms with E-state index in [1.54, 1.807) is 24.5 Å². The summed E-state index contributed by atoms with van der Waals surface area (Å²) in [7, 11) is 0. The van der Waals surface area contributed by atoms with Crippen molar-refractivity contribution in [2.45, 2.75) is 18.9 Å². The van der Waals surface area contributed by atoms with Crippen LogP contribution in [0.25, 0.3) is 5.65 Å². The van der Waals surface area contributed by atoms with E-state index in [0.717, 1.165) is 31.0 Å². The van der Waals surface area contributed by atoms with E-state index in [-0.39, 0.29) is 11.9 Å². The zero-order chi connectivity index (χ0) is 15.1. The van der Waals surface area contributed by atoms with E-state index in [0.29, 0.717) is 10.6 Å². The summed E-state index contributed by atoms with van der Waals surface area (Å²) in [6.07, 6.45) is 7.17. The molecule has 0 saturated carbocycles. The predicted octanol–water partition coefficient (Wildman–Crippen LogP) is 3.86. The molecule has 0 amide bonds. The molecule has 3 heterocycles. The first-order chi connectivity index (χ1) is 10.8. The first kappa shape index (κ1) is 13.5. The Hall–Kier alpha value is -2.14. The smallest absolute Gasteiger partial charge is 0.211 e. The second-order valence-corrected chi connectivity index (χ2v) is 5.79. The van der Waals surface area contributed by atoms with Crippen LogP contribution in [0, 0.1) is 5.82 Å². The summed E-state index contributed by atoms with van der Waals surface area (Å²) in [6.45, 7) is 0.819. The lowest BCUT2D eigenvalue weighted by Gasteiger charge is -2.27. The molecule has 2 aromatic heterocycles. The lowest BCUT2D eigenvalue weighted by atomic mass is 10.0. The first-order valence-electron chi connectivity index (χ1n) is 7.24. The standard InChI is InChI=1S/C16H14ClFN4/c17-11-3-1-4-12(18)15(11)13-5-2-9-21(13)16-20-7-6-14-19-8-10-22(14)16/h1,3-4,6-8,10,13H,2,5,9H2. The van der Waals surface area contributed by atoms with Gasteiger partial charge in [0.05, 0.1) is 6.04 Å². The summed E-state index contributed by atoms with van der Waals surface area (Å²) in [6, 6.07) is 6.58. The van der Waals surface area contributed by atoms with E-state index in [1.807, 2.05) is 16.7 Å². The summed E-state index contributed by atoms with van der Waals surface area (Å²) >= 11 is 6.25. The number of fused-ring (bicyclic) bond motifs is 1. The van der Waals surface area contributed by atoms with Gasteiger partial charge in [0.15, 0.2) is 0 Å². The lowest BCUT2D eigenvalue weighted by molar-refractivity contribution is 0.577. The van der Waals surface area contributed by atoms with Gasteiger partial charge in [-0.2, -0.15) is 0 Å². The zero-order valence-electron chi connectivity index (χ0n) is 11.8. The molecule has 0 radical (unpaired) electrons. The number of hydrogen-bond acceptors (Lipinski definition) is 3. The number of imidazole rings is 1. The molecular formula is C16H14ClFN4. The van der Waals surface area contributed by atoms with Crippen molar-refractivity contribution in [3.63, 3.8) is 0 Å². The van der Waals surface area contributed by atoms with Gasteiger partial charge in [-0.1, -0.05) is 17.7 Å². The summed E-state index contributed by atoms with van der Waals surface area (Å²) in [5, 5.41) is 0.467. The van der Waals surface area contributed by atoms with Crippen LogP contribution in [-0.4, -0.2) is 20.9 Å². The van der Waals surface area contributed by atoms with Crippen molar-refractivity contribution >= 4 is 23.2 Å². The minimum Gasteiger partial charge on any atom is -0.335 e. The van der Waals surface area contributed by atoms with Gasteiger partial charge in [0.1, 0.15) is 11.5 Å². The summed E-state index contributed by atoms with van der Waals surface area (Å²) in [4.78, 5) is 10.9. The molecule has 0 N–H and O–H groups in total. The average Bonchev–Trinajstić information content (AvgIpc) is 3.15. The average molecular weight is 317 g/mol. The fourth-order valence-electron chi connectivity index (χ4n) is 3.19. The molecule has 1 aliphatic rings. The van der Waals surface area contributed by atoms with Crippen molar-refractivity contribution in [1.29, 1.82) is 0 Å². The van der Waals surface area contributed by atoms with Gasteiger partial charge in [0.2, 0.25) is 5.95 Å². The largest absolute Gasteiger partial charge is 0.335 e. The Kier molecular flexibility index (Phi) is 3.22. The van der Waals surface area contributed by atoms with Crippen LogP contribution < -0.4 is 4.90 Å². The summed E-state index contributed by atoms with van der Waals surface area (Å²) in [5.41, 5.74) is 1.39. The number of aromatic nitrogens is 3. The van der Waals surface area contributed by atoms with Crippen LogP contribution in [0.5, 0.6) is 0 Å². The van der Waals surface area contributed by atoms with Gasteiger partial charge in [-0.15, -0.1) is 0 Å². The van der Waals surface area contributed by atoms with Gasteiger partial charge in [0.25, 0.3) is 0 Å². The molecule has 1 aromatic carbocycles. The van der Waals surface area contributed by atoms with Gasteiger partial charge in [-0.3, -0.25) is 4.40 Å². The van der Waals surface area contributed by atoms with Gasteiger partial charge in [0, 0.05) is 35.7 Å². The molecule has 22 heavy (non-hydrogen) atoms. The maximum absolute atomic E-state index is 14.3. The van der Waals surface area contributed by atoms with E-state index in [1.165, 1.54) is 6.07 Å². The second kappa shape index (κ2) is 5.25. The molecule has 4 rings (SSSR count). The molecule has 1 saturated heterocycles. The molecule has 1 unspecified atom stereocenters. The zero-order valence-corrected chi connectivity index (χ0v) is 12.5. The van der Waals surface area contributed by atoms with Gasteiger partial charge in [-0.25, -0.2) is 14.4 Å². The molecule has 0 bridgehead atoms. The Bertz CT molecular complexity index is 812. The third-order valence-corrected chi connectivity index (χ3v) is 4.47. The molecule has 0 aliphatic carbocycles. The Morgan fingerprint density at radius 3 is 2.95 bits per heavy atom. The highest BCUT2D eigenvalue weighted by Crippen LogP contribution is 2.39. The monoisotopic (exact) mass is 316 g/mol.